The fourth-order valence-electron chi connectivity index (χ4n) is 3.01. The fourth-order valence-corrected chi connectivity index (χ4v) is 3.29. The maximum Gasteiger partial charge on any atom is 0.140 e. The molecule has 0 aliphatic carbocycles. The van der Waals surface area contributed by atoms with Crippen molar-refractivity contribution in [3.05, 3.63) is 101 Å². The summed E-state index contributed by atoms with van der Waals surface area (Å²) >= 11 is 6.18. The number of nitrogens with one attached hydrogen (secondary N) is 1. The molecule has 0 bridgehead atoms. The van der Waals surface area contributed by atoms with Crippen molar-refractivity contribution in [1.29, 1.82) is 0 Å². The van der Waals surface area contributed by atoms with E-state index in [-0.39, 0.29) is 25.1 Å². The Morgan fingerprint density at radius 3 is 2.00 bits per heavy atom. The minimum atomic E-state index is -0.657. The van der Waals surface area contributed by atoms with E-state index in [2.05, 4.69) is 29.6 Å². The summed E-state index contributed by atoms with van der Waals surface area (Å²) in [7, 11) is 0. The first-order valence-corrected chi connectivity index (χ1v) is 9.42. The van der Waals surface area contributed by atoms with E-state index in [1.54, 1.807) is 6.07 Å². The molecule has 3 rings (SSSR count). The zero-order valence-electron chi connectivity index (χ0n) is 15.7. The lowest BCUT2D eigenvalue weighted by Gasteiger charge is -2.22. The number of aliphatic hydroxyl groups is 1. The summed E-state index contributed by atoms with van der Waals surface area (Å²) in [6.07, 6.45) is -0.657. The number of rotatable bonds is 8. The van der Waals surface area contributed by atoms with Crippen LogP contribution in [-0.4, -0.2) is 24.4 Å². The molecule has 0 saturated carbocycles. The fraction of sp³-hybridized carbons (Fsp3) is 0.217. The van der Waals surface area contributed by atoms with Crippen LogP contribution in [0.25, 0.3) is 0 Å². The summed E-state index contributed by atoms with van der Waals surface area (Å²) in [4.78, 5) is 0. The third kappa shape index (κ3) is 5.98. The molecule has 0 fully saturated rings. The van der Waals surface area contributed by atoms with E-state index in [1.165, 1.54) is 0 Å². The molecular formula is C23H25Cl2NO2. The smallest absolute Gasteiger partial charge is 0.140 e. The molecular weight excluding hydrogens is 393 g/mol. The largest absolute Gasteiger partial charge is 0.489 e. The van der Waals surface area contributed by atoms with Gasteiger partial charge in [0.15, 0.2) is 0 Å². The minimum Gasteiger partial charge on any atom is -0.489 e. The number of para-hydroxylation sites is 1. The third-order valence-electron chi connectivity index (χ3n) is 4.41. The lowest BCUT2D eigenvalue weighted by atomic mass is 9.98. The van der Waals surface area contributed by atoms with Gasteiger partial charge in [-0.05, 0) is 29.7 Å². The highest BCUT2D eigenvalue weighted by Crippen LogP contribution is 2.28. The van der Waals surface area contributed by atoms with Gasteiger partial charge in [-0.15, -0.1) is 12.4 Å². The van der Waals surface area contributed by atoms with Gasteiger partial charge in [0.2, 0.25) is 0 Å². The van der Waals surface area contributed by atoms with Gasteiger partial charge in [-0.2, -0.15) is 0 Å². The van der Waals surface area contributed by atoms with E-state index in [4.69, 9.17) is 16.3 Å². The van der Waals surface area contributed by atoms with Crippen molar-refractivity contribution in [3.8, 4) is 5.75 Å². The molecule has 1 unspecified atom stereocenters. The van der Waals surface area contributed by atoms with E-state index in [9.17, 15) is 5.11 Å². The maximum atomic E-state index is 10.4. The van der Waals surface area contributed by atoms with E-state index < -0.39 is 6.10 Å². The Kier molecular flexibility index (Phi) is 8.81. The highest BCUT2D eigenvalue weighted by Gasteiger charge is 2.16. The molecule has 3 aromatic rings. The molecule has 0 radical (unpaired) electrons. The van der Waals surface area contributed by atoms with Gasteiger partial charge in [-0.25, -0.2) is 0 Å². The summed E-state index contributed by atoms with van der Waals surface area (Å²) in [5.41, 5.74) is 3.26. The summed E-state index contributed by atoms with van der Waals surface area (Å²) in [5.74, 6) is 0.626. The third-order valence-corrected chi connectivity index (χ3v) is 4.70. The van der Waals surface area contributed by atoms with Crippen molar-refractivity contribution in [1.82, 2.24) is 5.32 Å². The predicted molar refractivity (Wildman–Crippen MR) is 118 cm³/mol. The normalized spacial score (nSPS) is 11.7. The highest BCUT2D eigenvalue weighted by atomic mass is 35.5. The quantitative estimate of drug-likeness (QED) is 0.529. The van der Waals surface area contributed by atoms with Gasteiger partial charge in [0.25, 0.3) is 0 Å². The van der Waals surface area contributed by atoms with Gasteiger partial charge in [-0.1, -0.05) is 84.4 Å². The van der Waals surface area contributed by atoms with E-state index in [0.717, 1.165) is 16.7 Å². The standard InChI is InChI=1S/C23H24ClNO2.ClH/c1-17-9-8-14-21(24)23(17)27-16-20(26)15-25-22(18-10-4-2-5-11-18)19-12-6-3-7-13-19;/h2-14,20,22,25-26H,15-16H2,1H3;1H. The summed E-state index contributed by atoms with van der Waals surface area (Å²) in [6, 6.07) is 26.0. The zero-order valence-corrected chi connectivity index (χ0v) is 17.3. The van der Waals surface area contributed by atoms with Gasteiger partial charge >= 0.3 is 0 Å². The number of ether oxygens (including phenoxy) is 1. The molecule has 0 amide bonds. The first-order valence-electron chi connectivity index (χ1n) is 9.04. The van der Waals surface area contributed by atoms with E-state index >= 15 is 0 Å². The van der Waals surface area contributed by atoms with E-state index in [1.807, 2.05) is 55.5 Å². The van der Waals surface area contributed by atoms with Crippen LogP contribution in [0.5, 0.6) is 5.75 Å². The molecule has 0 aliphatic rings. The number of hydrogen-bond donors (Lipinski definition) is 2. The van der Waals surface area contributed by atoms with Crippen LogP contribution in [0.1, 0.15) is 22.7 Å². The Balaban J connectivity index is 0.00000280. The molecule has 5 heteroatoms. The Bertz CT molecular complexity index is 784. The second kappa shape index (κ2) is 11.1. The van der Waals surface area contributed by atoms with Crippen molar-refractivity contribution in [2.75, 3.05) is 13.2 Å². The molecule has 148 valence electrons. The van der Waals surface area contributed by atoms with Gasteiger partial charge in [0.1, 0.15) is 18.5 Å². The SMILES string of the molecule is Cc1cccc(Cl)c1OCC(O)CNC(c1ccccc1)c1ccccc1.Cl. The molecule has 1 atom stereocenters. The molecule has 0 spiro atoms. The minimum absolute atomic E-state index is 0. The van der Waals surface area contributed by atoms with Crippen molar-refractivity contribution in [2.24, 2.45) is 0 Å². The van der Waals surface area contributed by atoms with Crippen LogP contribution in [0.2, 0.25) is 5.02 Å². The van der Waals surface area contributed by atoms with Crippen molar-refractivity contribution >= 4 is 24.0 Å². The molecule has 2 N–H and O–H groups in total. The second-order valence-electron chi connectivity index (χ2n) is 6.51. The molecule has 3 aromatic carbocycles. The molecule has 0 aromatic heterocycles. The van der Waals surface area contributed by atoms with Crippen LogP contribution >= 0.6 is 24.0 Å². The van der Waals surface area contributed by atoms with Crippen LogP contribution in [0.15, 0.2) is 78.9 Å². The Hall–Kier alpha value is -2.04. The van der Waals surface area contributed by atoms with Crippen molar-refractivity contribution in [3.63, 3.8) is 0 Å². The van der Waals surface area contributed by atoms with Crippen molar-refractivity contribution < 1.29 is 9.84 Å². The highest BCUT2D eigenvalue weighted by molar-refractivity contribution is 6.32. The zero-order chi connectivity index (χ0) is 19.1. The predicted octanol–water partition coefficient (Wildman–Crippen LogP) is 5.19. The molecule has 0 aliphatic heterocycles. The Labute approximate surface area is 177 Å². The van der Waals surface area contributed by atoms with Crippen LogP contribution in [0, 0.1) is 6.92 Å². The Morgan fingerprint density at radius 2 is 1.46 bits per heavy atom. The van der Waals surface area contributed by atoms with Crippen LogP contribution < -0.4 is 10.1 Å². The number of benzene rings is 3. The molecule has 3 nitrogen and oxygen atoms in total. The first-order chi connectivity index (χ1) is 13.1. The number of aryl methyl sites for hydroxylation is 1. The Morgan fingerprint density at radius 1 is 0.893 bits per heavy atom. The van der Waals surface area contributed by atoms with Crippen LogP contribution in [0.4, 0.5) is 0 Å². The summed E-state index contributed by atoms with van der Waals surface area (Å²) < 4.78 is 5.75. The lowest BCUT2D eigenvalue weighted by molar-refractivity contribution is 0.104. The number of hydrogen-bond acceptors (Lipinski definition) is 3. The van der Waals surface area contributed by atoms with Crippen molar-refractivity contribution in [2.45, 2.75) is 19.1 Å². The number of aliphatic hydroxyl groups excluding tert-OH is 1. The topological polar surface area (TPSA) is 41.5 Å². The first kappa shape index (κ1) is 22.3. The summed E-state index contributed by atoms with van der Waals surface area (Å²) in [5, 5.41) is 14.4. The monoisotopic (exact) mass is 417 g/mol. The number of halogens is 2. The molecule has 0 heterocycles. The second-order valence-corrected chi connectivity index (χ2v) is 6.92. The average molecular weight is 418 g/mol. The average Bonchev–Trinajstić information content (AvgIpc) is 2.69. The van der Waals surface area contributed by atoms with E-state index in [0.29, 0.717) is 17.3 Å². The van der Waals surface area contributed by atoms with Crippen LogP contribution in [-0.2, 0) is 0 Å². The van der Waals surface area contributed by atoms with Crippen LogP contribution in [0.3, 0.4) is 0 Å². The molecule has 28 heavy (non-hydrogen) atoms. The van der Waals surface area contributed by atoms with Gasteiger partial charge in [0.05, 0.1) is 11.1 Å². The summed E-state index contributed by atoms with van der Waals surface area (Å²) in [6.45, 7) is 2.51. The lowest BCUT2D eigenvalue weighted by Crippen LogP contribution is -2.34. The van der Waals surface area contributed by atoms with Gasteiger partial charge < -0.3 is 15.2 Å². The van der Waals surface area contributed by atoms with Gasteiger partial charge in [0, 0.05) is 6.54 Å². The maximum absolute atomic E-state index is 10.4. The molecule has 0 saturated heterocycles. The van der Waals surface area contributed by atoms with Gasteiger partial charge in [-0.3, -0.25) is 0 Å².